The molecule has 1 aliphatic heterocycles. The van der Waals surface area contributed by atoms with Crippen LogP contribution in [0.25, 0.3) is 33.8 Å². The fourth-order valence-electron chi connectivity index (χ4n) is 4.36. The van der Waals surface area contributed by atoms with Gasteiger partial charge in [0, 0.05) is 42.2 Å². The maximum absolute atomic E-state index is 12.4. The van der Waals surface area contributed by atoms with E-state index in [2.05, 4.69) is 30.4 Å². The van der Waals surface area contributed by atoms with Crippen molar-refractivity contribution in [1.29, 1.82) is 0 Å². The summed E-state index contributed by atoms with van der Waals surface area (Å²) in [5, 5.41) is 10.3. The van der Waals surface area contributed by atoms with Gasteiger partial charge in [-0.1, -0.05) is 24.6 Å². The predicted octanol–water partition coefficient (Wildman–Crippen LogP) is 5.44. The Balaban J connectivity index is 0.00000289. The number of aromatic nitrogens is 4. The van der Waals surface area contributed by atoms with E-state index in [0.29, 0.717) is 6.42 Å². The fourth-order valence-corrected chi connectivity index (χ4v) is 4.36. The lowest BCUT2D eigenvalue weighted by molar-refractivity contribution is -0.116. The maximum Gasteiger partial charge on any atom is 0.225 e. The summed E-state index contributed by atoms with van der Waals surface area (Å²) in [4.78, 5) is 23.7. The van der Waals surface area contributed by atoms with Crippen LogP contribution in [0.1, 0.15) is 25.7 Å². The molecule has 1 aliphatic rings. The van der Waals surface area contributed by atoms with E-state index in [-0.39, 0.29) is 18.3 Å². The van der Waals surface area contributed by atoms with Gasteiger partial charge in [0.15, 0.2) is 0 Å². The quantitative estimate of drug-likeness (QED) is 0.362. The molecule has 5 rings (SSSR count). The number of nitrogens with one attached hydrogen (secondary N) is 2. The Bertz CT molecular complexity index is 1240. The Morgan fingerprint density at radius 1 is 0.914 bits per heavy atom. The molecule has 0 spiro atoms. The topological polar surface area (TPSA) is 86.8 Å². The number of halogens is 1. The number of likely N-dealkylation sites (tertiary alicyclic amines) is 1. The minimum absolute atomic E-state index is 0. The highest BCUT2D eigenvalue weighted by Gasteiger charge is 2.13. The summed E-state index contributed by atoms with van der Waals surface area (Å²) in [5.74, 6) is 0.0560. The van der Waals surface area contributed by atoms with Gasteiger partial charge in [0.05, 0.1) is 23.3 Å². The molecular weight excluding hydrogens is 460 g/mol. The zero-order valence-corrected chi connectivity index (χ0v) is 20.3. The standard InChI is InChI=1S/C27H28N6O.ClH/c34-26(12-17-33-15-4-1-5-16-33)31-22-9-7-20(8-10-22)25-18-21(11-14-29-25)23-19-30-32-27(23)24-6-2-3-13-28-24;/h2-3,6-11,13-14,18-19H,1,4-5,12,15-17H2,(H,30,32)(H,31,34);1H. The van der Waals surface area contributed by atoms with Crippen LogP contribution in [-0.2, 0) is 4.79 Å². The van der Waals surface area contributed by atoms with Crippen molar-refractivity contribution in [3.8, 4) is 33.8 Å². The molecule has 7 nitrogen and oxygen atoms in total. The van der Waals surface area contributed by atoms with E-state index in [0.717, 1.165) is 59.1 Å². The van der Waals surface area contributed by atoms with Crippen LogP contribution < -0.4 is 5.32 Å². The zero-order valence-electron chi connectivity index (χ0n) is 19.5. The van der Waals surface area contributed by atoms with E-state index < -0.39 is 0 Å². The molecule has 0 unspecified atom stereocenters. The van der Waals surface area contributed by atoms with Crippen LogP contribution >= 0.6 is 12.4 Å². The van der Waals surface area contributed by atoms with Crippen LogP contribution in [0.4, 0.5) is 5.69 Å². The molecule has 0 saturated carbocycles. The number of anilines is 1. The monoisotopic (exact) mass is 488 g/mol. The lowest BCUT2D eigenvalue weighted by Crippen LogP contribution is -2.32. The van der Waals surface area contributed by atoms with Crippen LogP contribution in [0.3, 0.4) is 0 Å². The van der Waals surface area contributed by atoms with E-state index in [1.165, 1.54) is 19.3 Å². The largest absolute Gasteiger partial charge is 0.326 e. The molecule has 1 saturated heterocycles. The lowest BCUT2D eigenvalue weighted by atomic mass is 10.0. The molecule has 4 heterocycles. The van der Waals surface area contributed by atoms with Gasteiger partial charge in [-0.2, -0.15) is 5.10 Å². The molecule has 0 radical (unpaired) electrons. The van der Waals surface area contributed by atoms with Crippen LogP contribution in [-0.4, -0.2) is 50.6 Å². The molecule has 1 aromatic carbocycles. The number of amides is 1. The third-order valence-electron chi connectivity index (χ3n) is 6.20. The number of carbonyl (C=O) groups excluding carboxylic acids is 1. The molecule has 3 aromatic heterocycles. The van der Waals surface area contributed by atoms with E-state index in [1.54, 1.807) is 12.4 Å². The smallest absolute Gasteiger partial charge is 0.225 e. The normalized spacial score (nSPS) is 13.7. The molecule has 180 valence electrons. The summed E-state index contributed by atoms with van der Waals surface area (Å²) in [6.07, 6.45) is 9.69. The highest BCUT2D eigenvalue weighted by Crippen LogP contribution is 2.31. The van der Waals surface area contributed by atoms with Gasteiger partial charge in [0.2, 0.25) is 5.91 Å². The van der Waals surface area contributed by atoms with Crippen molar-refractivity contribution in [2.45, 2.75) is 25.7 Å². The van der Waals surface area contributed by atoms with Crippen molar-refractivity contribution in [3.05, 3.63) is 73.2 Å². The number of piperidine rings is 1. The summed E-state index contributed by atoms with van der Waals surface area (Å²) in [6, 6.07) is 17.7. The van der Waals surface area contributed by atoms with Crippen LogP contribution in [0.2, 0.25) is 0 Å². The number of aromatic amines is 1. The second-order valence-electron chi connectivity index (χ2n) is 8.58. The van der Waals surface area contributed by atoms with E-state index in [1.807, 2.05) is 60.8 Å². The Hall–Kier alpha value is -3.55. The first-order valence-electron chi connectivity index (χ1n) is 11.8. The van der Waals surface area contributed by atoms with Gasteiger partial charge in [0.1, 0.15) is 0 Å². The van der Waals surface area contributed by atoms with Crippen molar-refractivity contribution in [2.75, 3.05) is 25.0 Å². The van der Waals surface area contributed by atoms with Gasteiger partial charge in [-0.25, -0.2) is 0 Å². The third-order valence-corrected chi connectivity index (χ3v) is 6.20. The molecule has 0 bridgehead atoms. The minimum Gasteiger partial charge on any atom is -0.326 e. The van der Waals surface area contributed by atoms with Crippen molar-refractivity contribution < 1.29 is 4.79 Å². The van der Waals surface area contributed by atoms with Crippen molar-refractivity contribution in [2.24, 2.45) is 0 Å². The molecule has 1 fully saturated rings. The Labute approximate surface area is 211 Å². The first-order valence-corrected chi connectivity index (χ1v) is 11.8. The number of hydrogen-bond acceptors (Lipinski definition) is 5. The minimum atomic E-state index is 0. The number of hydrogen-bond donors (Lipinski definition) is 2. The highest BCUT2D eigenvalue weighted by molar-refractivity contribution is 5.91. The van der Waals surface area contributed by atoms with Gasteiger partial charge in [-0.15, -0.1) is 12.4 Å². The molecule has 1 amide bonds. The van der Waals surface area contributed by atoms with Gasteiger partial charge in [0.25, 0.3) is 0 Å². The molecular formula is C27H29ClN6O. The van der Waals surface area contributed by atoms with E-state index >= 15 is 0 Å². The number of carbonyl (C=O) groups is 1. The second kappa shape index (κ2) is 11.7. The van der Waals surface area contributed by atoms with Gasteiger partial charge in [-0.05, 0) is 67.9 Å². The van der Waals surface area contributed by atoms with Crippen molar-refractivity contribution in [1.82, 2.24) is 25.1 Å². The Kier molecular flexibility index (Phi) is 8.23. The molecule has 2 N–H and O–H groups in total. The van der Waals surface area contributed by atoms with Crippen LogP contribution in [0.15, 0.2) is 73.2 Å². The Morgan fingerprint density at radius 2 is 1.71 bits per heavy atom. The fraction of sp³-hybridized carbons (Fsp3) is 0.259. The average molecular weight is 489 g/mol. The van der Waals surface area contributed by atoms with Crippen molar-refractivity contribution in [3.63, 3.8) is 0 Å². The van der Waals surface area contributed by atoms with Gasteiger partial charge in [-0.3, -0.25) is 19.9 Å². The van der Waals surface area contributed by atoms with Gasteiger partial charge >= 0.3 is 0 Å². The van der Waals surface area contributed by atoms with Crippen LogP contribution in [0.5, 0.6) is 0 Å². The summed E-state index contributed by atoms with van der Waals surface area (Å²) >= 11 is 0. The number of H-pyrrole nitrogens is 1. The second-order valence-corrected chi connectivity index (χ2v) is 8.58. The highest BCUT2D eigenvalue weighted by atomic mass is 35.5. The molecule has 0 atom stereocenters. The number of rotatable bonds is 7. The third kappa shape index (κ3) is 6.12. The Morgan fingerprint density at radius 3 is 2.49 bits per heavy atom. The maximum atomic E-state index is 12.4. The number of benzene rings is 1. The van der Waals surface area contributed by atoms with E-state index in [4.69, 9.17) is 0 Å². The SMILES string of the molecule is Cl.O=C(CCN1CCCCC1)Nc1ccc(-c2cc(-c3cn[nH]c3-c3ccccn3)ccn2)cc1. The molecule has 8 heteroatoms. The zero-order chi connectivity index (χ0) is 23.2. The first-order chi connectivity index (χ1) is 16.8. The van der Waals surface area contributed by atoms with Crippen molar-refractivity contribution >= 4 is 24.0 Å². The molecule has 0 aliphatic carbocycles. The summed E-state index contributed by atoms with van der Waals surface area (Å²) in [7, 11) is 0. The number of pyridine rings is 2. The predicted molar refractivity (Wildman–Crippen MR) is 141 cm³/mol. The lowest BCUT2D eigenvalue weighted by Gasteiger charge is -2.25. The summed E-state index contributed by atoms with van der Waals surface area (Å²) in [6.45, 7) is 3.04. The summed E-state index contributed by atoms with van der Waals surface area (Å²) < 4.78 is 0. The molecule has 35 heavy (non-hydrogen) atoms. The molecule has 4 aromatic rings. The average Bonchev–Trinajstić information content (AvgIpc) is 3.39. The number of nitrogens with zero attached hydrogens (tertiary/aromatic N) is 4. The first kappa shape index (κ1) is 24.6. The summed E-state index contributed by atoms with van der Waals surface area (Å²) in [5.41, 5.74) is 6.34. The van der Waals surface area contributed by atoms with Crippen LogP contribution in [0, 0.1) is 0 Å². The van der Waals surface area contributed by atoms with Gasteiger partial charge < -0.3 is 10.2 Å². The van der Waals surface area contributed by atoms with E-state index in [9.17, 15) is 4.79 Å².